The number of nitrogens with one attached hydrogen (secondary N) is 1. The Bertz CT molecular complexity index is 458. The quantitative estimate of drug-likeness (QED) is 0.850. The standard InChI is InChI=1S/C18H29FN2/c1-5-20-17-14(11-12-18(17,3)4)13-21(6-2)16-10-8-7-9-15(16)19/h7-10,14,17,20H,5-6,11-13H2,1-4H3. The Kier molecular flexibility index (Phi) is 5.26. The van der Waals surface area contributed by atoms with Gasteiger partial charge in [0.15, 0.2) is 0 Å². The maximum atomic E-state index is 14.0. The van der Waals surface area contributed by atoms with Crippen LogP contribution >= 0.6 is 0 Å². The lowest BCUT2D eigenvalue weighted by Gasteiger charge is -2.35. The van der Waals surface area contributed by atoms with E-state index in [9.17, 15) is 4.39 Å². The summed E-state index contributed by atoms with van der Waals surface area (Å²) < 4.78 is 14.0. The van der Waals surface area contributed by atoms with Crippen molar-refractivity contribution in [3.05, 3.63) is 30.1 Å². The summed E-state index contributed by atoms with van der Waals surface area (Å²) in [5.41, 5.74) is 1.06. The Morgan fingerprint density at radius 1 is 1.29 bits per heavy atom. The van der Waals surface area contributed by atoms with Crippen molar-refractivity contribution in [1.29, 1.82) is 0 Å². The highest BCUT2D eigenvalue weighted by Gasteiger charge is 2.41. The molecule has 0 saturated heterocycles. The van der Waals surface area contributed by atoms with Gasteiger partial charge in [0.2, 0.25) is 0 Å². The van der Waals surface area contributed by atoms with Crippen molar-refractivity contribution in [1.82, 2.24) is 5.32 Å². The zero-order valence-corrected chi connectivity index (χ0v) is 13.8. The number of nitrogens with zero attached hydrogens (tertiary/aromatic N) is 1. The molecule has 2 nitrogen and oxygen atoms in total. The van der Waals surface area contributed by atoms with Gasteiger partial charge in [-0.15, -0.1) is 0 Å². The third-order valence-corrected chi connectivity index (χ3v) is 4.93. The molecule has 2 unspecified atom stereocenters. The van der Waals surface area contributed by atoms with Crippen molar-refractivity contribution >= 4 is 5.69 Å². The number of rotatable bonds is 6. The van der Waals surface area contributed by atoms with Gasteiger partial charge in [-0.1, -0.05) is 32.9 Å². The average Bonchev–Trinajstić information content (AvgIpc) is 2.73. The lowest BCUT2D eigenvalue weighted by atomic mass is 9.84. The van der Waals surface area contributed by atoms with Crippen LogP contribution in [0, 0.1) is 17.2 Å². The van der Waals surface area contributed by atoms with Crippen LogP contribution in [0.3, 0.4) is 0 Å². The Morgan fingerprint density at radius 2 is 2.00 bits per heavy atom. The Labute approximate surface area is 128 Å². The summed E-state index contributed by atoms with van der Waals surface area (Å²) in [5.74, 6) is 0.469. The molecule has 21 heavy (non-hydrogen) atoms. The number of halogens is 1. The third-order valence-electron chi connectivity index (χ3n) is 4.93. The third kappa shape index (κ3) is 3.57. The largest absolute Gasteiger partial charge is 0.369 e. The molecule has 0 radical (unpaired) electrons. The van der Waals surface area contributed by atoms with Crippen molar-refractivity contribution in [2.24, 2.45) is 11.3 Å². The molecule has 118 valence electrons. The molecule has 1 aliphatic carbocycles. The fourth-order valence-electron chi connectivity index (χ4n) is 3.77. The summed E-state index contributed by atoms with van der Waals surface area (Å²) in [7, 11) is 0. The smallest absolute Gasteiger partial charge is 0.146 e. The van der Waals surface area contributed by atoms with Gasteiger partial charge in [-0.05, 0) is 49.8 Å². The van der Waals surface area contributed by atoms with Crippen LogP contribution in [0.5, 0.6) is 0 Å². The SMILES string of the molecule is CCNC1C(CN(CC)c2ccccc2F)CCC1(C)C. The minimum atomic E-state index is -0.114. The van der Waals surface area contributed by atoms with E-state index in [0.29, 0.717) is 17.4 Å². The van der Waals surface area contributed by atoms with Gasteiger partial charge in [-0.3, -0.25) is 0 Å². The second-order valence-electron chi connectivity index (χ2n) is 6.81. The van der Waals surface area contributed by atoms with Crippen LogP contribution in [0.2, 0.25) is 0 Å². The molecule has 1 aromatic carbocycles. The second-order valence-corrected chi connectivity index (χ2v) is 6.81. The summed E-state index contributed by atoms with van der Waals surface area (Å²) in [5, 5.41) is 3.66. The zero-order chi connectivity index (χ0) is 15.5. The summed E-state index contributed by atoms with van der Waals surface area (Å²) in [6, 6.07) is 7.64. The molecular weight excluding hydrogens is 263 g/mol. The molecule has 0 aromatic heterocycles. The lowest BCUT2D eigenvalue weighted by molar-refractivity contribution is 0.252. The number of para-hydroxylation sites is 1. The van der Waals surface area contributed by atoms with Crippen LogP contribution in [0.4, 0.5) is 10.1 Å². The molecule has 1 aliphatic rings. The fourth-order valence-corrected chi connectivity index (χ4v) is 3.77. The molecule has 1 N–H and O–H groups in total. The van der Waals surface area contributed by atoms with Crippen molar-refractivity contribution < 1.29 is 4.39 Å². The van der Waals surface area contributed by atoms with E-state index >= 15 is 0 Å². The van der Waals surface area contributed by atoms with Gasteiger partial charge in [0.25, 0.3) is 0 Å². The molecule has 3 heteroatoms. The molecule has 0 bridgehead atoms. The number of benzene rings is 1. The van der Waals surface area contributed by atoms with E-state index < -0.39 is 0 Å². The molecular formula is C18H29FN2. The van der Waals surface area contributed by atoms with Crippen molar-refractivity contribution in [3.8, 4) is 0 Å². The Morgan fingerprint density at radius 3 is 2.62 bits per heavy atom. The molecule has 1 aromatic rings. The molecule has 1 saturated carbocycles. The van der Waals surface area contributed by atoms with Gasteiger partial charge in [0.1, 0.15) is 5.82 Å². The minimum absolute atomic E-state index is 0.114. The number of hydrogen-bond donors (Lipinski definition) is 1. The maximum Gasteiger partial charge on any atom is 0.146 e. The lowest BCUT2D eigenvalue weighted by Crippen LogP contribution is -2.45. The molecule has 0 aliphatic heterocycles. The van der Waals surface area contributed by atoms with Crippen molar-refractivity contribution in [2.45, 2.75) is 46.6 Å². The highest BCUT2D eigenvalue weighted by Crippen LogP contribution is 2.42. The molecule has 2 rings (SSSR count). The summed E-state index contributed by atoms with van der Waals surface area (Å²) >= 11 is 0. The summed E-state index contributed by atoms with van der Waals surface area (Å²) in [4.78, 5) is 2.19. The van der Waals surface area contributed by atoms with Crippen LogP contribution in [-0.4, -0.2) is 25.7 Å². The van der Waals surface area contributed by atoms with Gasteiger partial charge >= 0.3 is 0 Å². The maximum absolute atomic E-state index is 14.0. The monoisotopic (exact) mass is 292 g/mol. The Balaban J connectivity index is 2.13. The molecule has 0 amide bonds. The topological polar surface area (TPSA) is 15.3 Å². The normalized spacial score (nSPS) is 24.2. The first-order valence-electron chi connectivity index (χ1n) is 8.22. The predicted molar refractivity (Wildman–Crippen MR) is 88.3 cm³/mol. The van der Waals surface area contributed by atoms with E-state index in [-0.39, 0.29) is 5.82 Å². The summed E-state index contributed by atoms with van der Waals surface area (Å²) in [6.07, 6.45) is 2.46. The highest BCUT2D eigenvalue weighted by molar-refractivity contribution is 5.47. The first-order chi connectivity index (χ1) is 9.99. The van der Waals surface area contributed by atoms with Crippen LogP contribution in [0.1, 0.15) is 40.5 Å². The van der Waals surface area contributed by atoms with E-state index in [2.05, 4.69) is 37.9 Å². The van der Waals surface area contributed by atoms with Gasteiger partial charge < -0.3 is 10.2 Å². The molecule has 0 heterocycles. The van der Waals surface area contributed by atoms with Crippen LogP contribution in [0.15, 0.2) is 24.3 Å². The first-order valence-corrected chi connectivity index (χ1v) is 8.22. The average molecular weight is 292 g/mol. The van der Waals surface area contributed by atoms with Crippen LogP contribution in [0.25, 0.3) is 0 Å². The van der Waals surface area contributed by atoms with Crippen molar-refractivity contribution in [3.63, 3.8) is 0 Å². The van der Waals surface area contributed by atoms with Gasteiger partial charge in [0, 0.05) is 19.1 Å². The van der Waals surface area contributed by atoms with Crippen LogP contribution < -0.4 is 10.2 Å². The Hall–Kier alpha value is -1.09. The highest BCUT2D eigenvalue weighted by atomic mass is 19.1. The van der Waals surface area contributed by atoms with E-state index in [1.165, 1.54) is 12.8 Å². The fraction of sp³-hybridized carbons (Fsp3) is 0.667. The zero-order valence-electron chi connectivity index (χ0n) is 13.8. The predicted octanol–water partition coefficient (Wildman–Crippen LogP) is 4.07. The van der Waals surface area contributed by atoms with E-state index in [4.69, 9.17) is 0 Å². The molecule has 1 fully saturated rings. The van der Waals surface area contributed by atoms with E-state index in [0.717, 1.165) is 25.3 Å². The number of anilines is 1. The van der Waals surface area contributed by atoms with Crippen molar-refractivity contribution in [2.75, 3.05) is 24.5 Å². The van der Waals surface area contributed by atoms with E-state index in [1.54, 1.807) is 12.1 Å². The summed E-state index contributed by atoms with van der Waals surface area (Å²) in [6.45, 7) is 11.7. The molecule has 0 spiro atoms. The molecule has 2 atom stereocenters. The van der Waals surface area contributed by atoms with Gasteiger partial charge in [-0.25, -0.2) is 4.39 Å². The van der Waals surface area contributed by atoms with Gasteiger partial charge in [-0.2, -0.15) is 0 Å². The first kappa shape index (κ1) is 16.3. The minimum Gasteiger partial charge on any atom is -0.369 e. The van der Waals surface area contributed by atoms with Crippen LogP contribution in [-0.2, 0) is 0 Å². The van der Waals surface area contributed by atoms with E-state index in [1.807, 2.05) is 12.1 Å². The van der Waals surface area contributed by atoms with Gasteiger partial charge in [0.05, 0.1) is 5.69 Å². The second kappa shape index (κ2) is 6.78. The number of hydrogen-bond acceptors (Lipinski definition) is 2.